The monoisotopic (exact) mass is 392 g/mol. The third kappa shape index (κ3) is 10.4. The van der Waals surface area contributed by atoms with Gasteiger partial charge in [0.15, 0.2) is 5.79 Å². The molecule has 0 aliphatic rings. The Hall–Kier alpha value is -2.33. The van der Waals surface area contributed by atoms with Crippen LogP contribution in [0.3, 0.4) is 0 Å². The Morgan fingerprint density at radius 3 is 2.07 bits per heavy atom. The number of carbonyl (C=O) groups is 2. The van der Waals surface area contributed by atoms with Crippen molar-refractivity contribution in [1.82, 2.24) is 10.6 Å². The van der Waals surface area contributed by atoms with E-state index in [-0.39, 0.29) is 32.9 Å². The highest BCUT2D eigenvalue weighted by atomic mass is 19.4. The lowest BCUT2D eigenvalue weighted by Gasteiger charge is -2.26. The summed E-state index contributed by atoms with van der Waals surface area (Å²) in [5.41, 5.74) is 0.857. The molecule has 7 nitrogen and oxygen atoms in total. The largest absolute Gasteiger partial charge is 0.471 e. The summed E-state index contributed by atoms with van der Waals surface area (Å²) in [6.45, 7) is 3.05. The van der Waals surface area contributed by atoms with Gasteiger partial charge in [-0.15, -0.1) is 0 Å². The number of nitrogens with one attached hydrogen (secondary N) is 2. The van der Waals surface area contributed by atoms with Crippen LogP contribution in [0.1, 0.15) is 19.4 Å². The Labute approximate surface area is 155 Å². The number of benzene rings is 1. The minimum atomic E-state index is -4.92. The molecule has 0 saturated carbocycles. The van der Waals surface area contributed by atoms with Crippen LogP contribution in [0.15, 0.2) is 30.3 Å². The lowest BCUT2D eigenvalue weighted by atomic mass is 10.2. The standard InChI is InChI=1S/C17H23F3N2O5/c1-16(2,26-10-8-21-14(23)17(18,19)20)27-11-9-22-15(24)25-12-13-6-4-3-5-7-13/h3-7H,8-12H2,1-2H3,(H,21,23)(H,22,24). The van der Waals surface area contributed by atoms with E-state index in [9.17, 15) is 22.8 Å². The summed E-state index contributed by atoms with van der Waals surface area (Å²) in [7, 11) is 0. The first kappa shape index (κ1) is 22.7. The lowest BCUT2D eigenvalue weighted by molar-refractivity contribution is -0.212. The summed E-state index contributed by atoms with van der Waals surface area (Å²) in [4.78, 5) is 22.2. The van der Waals surface area contributed by atoms with Crippen LogP contribution in [0.5, 0.6) is 0 Å². The maximum absolute atomic E-state index is 12.0. The highest BCUT2D eigenvalue weighted by molar-refractivity contribution is 5.81. The van der Waals surface area contributed by atoms with Crippen molar-refractivity contribution in [1.29, 1.82) is 0 Å². The molecule has 2 N–H and O–H groups in total. The zero-order valence-electron chi connectivity index (χ0n) is 15.1. The van der Waals surface area contributed by atoms with Crippen LogP contribution in [0.2, 0.25) is 0 Å². The maximum Gasteiger partial charge on any atom is 0.471 e. The lowest BCUT2D eigenvalue weighted by Crippen LogP contribution is -2.40. The molecular formula is C17H23F3N2O5. The summed E-state index contributed by atoms with van der Waals surface area (Å²) in [5, 5.41) is 4.19. The number of halogens is 3. The van der Waals surface area contributed by atoms with Crippen LogP contribution in [-0.4, -0.2) is 50.3 Å². The molecule has 0 aromatic heterocycles. The minimum absolute atomic E-state index is 0.0996. The van der Waals surface area contributed by atoms with Crippen LogP contribution >= 0.6 is 0 Å². The molecule has 1 aromatic carbocycles. The van der Waals surface area contributed by atoms with E-state index >= 15 is 0 Å². The third-order valence-corrected chi connectivity index (χ3v) is 3.13. The van der Waals surface area contributed by atoms with Crippen molar-refractivity contribution in [3.05, 3.63) is 35.9 Å². The van der Waals surface area contributed by atoms with Gasteiger partial charge in [-0.25, -0.2) is 4.79 Å². The van der Waals surface area contributed by atoms with E-state index < -0.39 is 24.0 Å². The molecule has 152 valence electrons. The molecule has 0 fully saturated rings. The molecule has 2 amide bonds. The van der Waals surface area contributed by atoms with Gasteiger partial charge in [0.05, 0.1) is 13.2 Å². The molecule has 10 heteroatoms. The number of rotatable bonds is 10. The van der Waals surface area contributed by atoms with Gasteiger partial charge in [-0.05, 0) is 19.4 Å². The van der Waals surface area contributed by atoms with E-state index in [0.29, 0.717) is 0 Å². The highest BCUT2D eigenvalue weighted by Crippen LogP contribution is 2.14. The average Bonchev–Trinajstić information content (AvgIpc) is 2.60. The number of alkyl carbamates (subject to hydrolysis) is 1. The number of amides is 2. The maximum atomic E-state index is 12.0. The van der Waals surface area contributed by atoms with Crippen molar-refractivity contribution in [2.75, 3.05) is 26.3 Å². The fourth-order valence-corrected chi connectivity index (χ4v) is 1.83. The topological polar surface area (TPSA) is 85.9 Å². The second-order valence-corrected chi connectivity index (χ2v) is 5.84. The quantitative estimate of drug-likeness (QED) is 0.472. The summed E-state index contributed by atoms with van der Waals surface area (Å²) in [5.74, 6) is -3.12. The van der Waals surface area contributed by atoms with Gasteiger partial charge in [0.2, 0.25) is 0 Å². The molecule has 0 spiro atoms. The van der Waals surface area contributed by atoms with Gasteiger partial charge in [0.25, 0.3) is 0 Å². The molecule has 0 radical (unpaired) electrons. The Bertz CT molecular complexity index is 594. The highest BCUT2D eigenvalue weighted by Gasteiger charge is 2.38. The normalized spacial score (nSPS) is 11.7. The number of hydrogen-bond acceptors (Lipinski definition) is 5. The van der Waals surface area contributed by atoms with Gasteiger partial charge in [-0.1, -0.05) is 30.3 Å². The molecule has 0 unspecified atom stereocenters. The number of ether oxygens (including phenoxy) is 3. The van der Waals surface area contributed by atoms with Gasteiger partial charge in [-0.3, -0.25) is 4.79 Å². The van der Waals surface area contributed by atoms with Crippen LogP contribution in [0.4, 0.5) is 18.0 Å². The van der Waals surface area contributed by atoms with Gasteiger partial charge in [0.1, 0.15) is 6.61 Å². The number of carbonyl (C=O) groups excluding carboxylic acids is 2. The molecule has 0 saturated heterocycles. The zero-order chi connectivity index (χ0) is 20.3. The van der Waals surface area contributed by atoms with Gasteiger partial charge >= 0.3 is 18.2 Å². The Morgan fingerprint density at radius 1 is 0.963 bits per heavy atom. The van der Waals surface area contributed by atoms with Crippen LogP contribution in [0.25, 0.3) is 0 Å². The van der Waals surface area contributed by atoms with Gasteiger partial charge in [-0.2, -0.15) is 13.2 Å². The molecule has 1 aromatic rings. The molecule has 0 aliphatic carbocycles. The molecule has 27 heavy (non-hydrogen) atoms. The van der Waals surface area contributed by atoms with Crippen molar-refractivity contribution in [3.63, 3.8) is 0 Å². The average molecular weight is 392 g/mol. The first-order valence-corrected chi connectivity index (χ1v) is 8.17. The summed E-state index contributed by atoms with van der Waals surface area (Å²) >= 11 is 0. The van der Waals surface area contributed by atoms with E-state index in [2.05, 4.69) is 5.32 Å². The van der Waals surface area contributed by atoms with E-state index in [1.165, 1.54) is 0 Å². The predicted octanol–water partition coefficient (Wildman–Crippen LogP) is 2.36. The van der Waals surface area contributed by atoms with E-state index in [4.69, 9.17) is 14.2 Å². The van der Waals surface area contributed by atoms with Crippen LogP contribution < -0.4 is 10.6 Å². The first-order valence-electron chi connectivity index (χ1n) is 8.17. The summed E-state index contributed by atoms with van der Waals surface area (Å²) < 4.78 is 51.7. The van der Waals surface area contributed by atoms with Gasteiger partial charge in [0, 0.05) is 13.1 Å². The Morgan fingerprint density at radius 2 is 1.52 bits per heavy atom. The number of hydrogen-bond donors (Lipinski definition) is 2. The predicted molar refractivity (Wildman–Crippen MR) is 89.7 cm³/mol. The fourth-order valence-electron chi connectivity index (χ4n) is 1.83. The van der Waals surface area contributed by atoms with Crippen molar-refractivity contribution in [3.8, 4) is 0 Å². The molecule has 1 rings (SSSR count). The molecule has 0 atom stereocenters. The van der Waals surface area contributed by atoms with Crippen molar-refractivity contribution in [2.24, 2.45) is 0 Å². The van der Waals surface area contributed by atoms with Crippen molar-refractivity contribution in [2.45, 2.75) is 32.4 Å². The second kappa shape index (κ2) is 10.7. The number of alkyl halides is 3. The molecule has 0 heterocycles. The smallest absolute Gasteiger partial charge is 0.445 e. The molecule has 0 bridgehead atoms. The van der Waals surface area contributed by atoms with Crippen molar-refractivity contribution < 1.29 is 37.0 Å². The first-order chi connectivity index (χ1) is 12.6. The Balaban J connectivity index is 2.11. The van der Waals surface area contributed by atoms with Crippen molar-refractivity contribution >= 4 is 12.0 Å². The van der Waals surface area contributed by atoms with Crippen LogP contribution in [-0.2, 0) is 25.6 Å². The zero-order valence-corrected chi connectivity index (χ0v) is 15.1. The van der Waals surface area contributed by atoms with E-state index in [0.717, 1.165) is 5.56 Å². The van der Waals surface area contributed by atoms with Crippen LogP contribution in [0, 0.1) is 0 Å². The summed E-state index contributed by atoms with van der Waals surface area (Å²) in [6, 6.07) is 9.18. The molecule has 0 aliphatic heterocycles. The molecular weight excluding hydrogens is 369 g/mol. The Kier molecular flexibility index (Phi) is 9.03. The SMILES string of the molecule is CC(C)(OCCNC(=O)OCc1ccccc1)OCCNC(=O)C(F)(F)F. The summed E-state index contributed by atoms with van der Waals surface area (Å²) in [6.07, 6.45) is -5.52. The minimum Gasteiger partial charge on any atom is -0.445 e. The van der Waals surface area contributed by atoms with E-state index in [1.54, 1.807) is 19.2 Å². The third-order valence-electron chi connectivity index (χ3n) is 3.13. The van der Waals surface area contributed by atoms with E-state index in [1.807, 2.05) is 30.3 Å². The fraction of sp³-hybridized carbons (Fsp3) is 0.529. The van der Waals surface area contributed by atoms with Gasteiger partial charge < -0.3 is 24.8 Å². The second-order valence-electron chi connectivity index (χ2n) is 5.84.